The molecule has 4 nitrogen and oxygen atoms in total. The van der Waals surface area contributed by atoms with Gasteiger partial charge in [0.2, 0.25) is 0 Å². The predicted octanol–water partition coefficient (Wildman–Crippen LogP) is 0.988. The van der Waals surface area contributed by atoms with Crippen LogP contribution < -0.4 is 5.32 Å². The standard InChI is InChI=1S/C10H11ClN2O2/c11-9-8(2-1-3-12-9)10(15)13-6-4-7(14)5-6/h1-3,6-7,14H,4-5H2,(H,13,15). The fourth-order valence-corrected chi connectivity index (χ4v) is 1.73. The Morgan fingerprint density at radius 2 is 2.33 bits per heavy atom. The summed E-state index contributed by atoms with van der Waals surface area (Å²) in [6.07, 6.45) is 2.49. The number of carbonyl (C=O) groups is 1. The van der Waals surface area contributed by atoms with E-state index >= 15 is 0 Å². The van der Waals surface area contributed by atoms with Gasteiger partial charge in [-0.15, -0.1) is 0 Å². The van der Waals surface area contributed by atoms with E-state index in [9.17, 15) is 4.79 Å². The van der Waals surface area contributed by atoms with Crippen LogP contribution in [0.5, 0.6) is 0 Å². The van der Waals surface area contributed by atoms with Crippen molar-refractivity contribution >= 4 is 17.5 Å². The molecule has 0 aliphatic heterocycles. The average Bonchev–Trinajstić information content (AvgIpc) is 2.16. The van der Waals surface area contributed by atoms with Gasteiger partial charge in [-0.2, -0.15) is 0 Å². The van der Waals surface area contributed by atoms with Crippen molar-refractivity contribution in [2.75, 3.05) is 0 Å². The highest BCUT2D eigenvalue weighted by molar-refractivity contribution is 6.32. The van der Waals surface area contributed by atoms with E-state index in [1.165, 1.54) is 6.20 Å². The molecule has 1 saturated carbocycles. The van der Waals surface area contributed by atoms with Crippen LogP contribution in [0.15, 0.2) is 18.3 Å². The van der Waals surface area contributed by atoms with Gasteiger partial charge in [-0.3, -0.25) is 4.79 Å². The number of amides is 1. The molecule has 1 amide bonds. The molecule has 0 radical (unpaired) electrons. The Labute approximate surface area is 92.3 Å². The van der Waals surface area contributed by atoms with Crippen molar-refractivity contribution < 1.29 is 9.90 Å². The maximum Gasteiger partial charge on any atom is 0.254 e. The number of hydrogen-bond acceptors (Lipinski definition) is 3. The van der Waals surface area contributed by atoms with Crippen LogP contribution in [0.2, 0.25) is 5.15 Å². The molecule has 2 N–H and O–H groups in total. The van der Waals surface area contributed by atoms with Crippen LogP contribution in [-0.4, -0.2) is 28.1 Å². The number of rotatable bonds is 2. The number of aliphatic hydroxyl groups is 1. The number of nitrogens with one attached hydrogen (secondary N) is 1. The molecule has 1 heterocycles. The quantitative estimate of drug-likeness (QED) is 0.740. The zero-order valence-corrected chi connectivity index (χ0v) is 8.74. The van der Waals surface area contributed by atoms with Gasteiger partial charge in [0.05, 0.1) is 11.7 Å². The van der Waals surface area contributed by atoms with Crippen LogP contribution in [-0.2, 0) is 0 Å². The third-order valence-corrected chi connectivity index (χ3v) is 2.75. The highest BCUT2D eigenvalue weighted by atomic mass is 35.5. The minimum absolute atomic E-state index is 0.0590. The highest BCUT2D eigenvalue weighted by Crippen LogP contribution is 2.20. The molecule has 0 saturated heterocycles. The molecule has 0 unspecified atom stereocenters. The lowest BCUT2D eigenvalue weighted by molar-refractivity contribution is 0.0562. The molecular weight excluding hydrogens is 216 g/mol. The van der Waals surface area contributed by atoms with Gasteiger partial charge in [0.25, 0.3) is 5.91 Å². The Morgan fingerprint density at radius 3 is 2.93 bits per heavy atom. The first kappa shape index (κ1) is 10.4. The maximum absolute atomic E-state index is 11.7. The van der Waals surface area contributed by atoms with Gasteiger partial charge < -0.3 is 10.4 Å². The molecule has 0 aromatic carbocycles. The summed E-state index contributed by atoms with van der Waals surface area (Å²) >= 11 is 5.77. The minimum atomic E-state index is -0.278. The molecule has 80 valence electrons. The van der Waals surface area contributed by atoms with Gasteiger partial charge in [0.1, 0.15) is 5.15 Å². The van der Waals surface area contributed by atoms with Crippen LogP contribution in [0, 0.1) is 0 Å². The minimum Gasteiger partial charge on any atom is -0.393 e. The van der Waals surface area contributed by atoms with Crippen molar-refractivity contribution in [1.29, 1.82) is 0 Å². The molecular formula is C10H11ClN2O2. The second-order valence-corrected chi connectivity index (χ2v) is 4.00. The molecule has 1 aliphatic rings. The Hall–Kier alpha value is -1.13. The topological polar surface area (TPSA) is 62.2 Å². The molecule has 1 aromatic rings. The SMILES string of the molecule is O=C(NC1CC(O)C1)c1cccnc1Cl. The third kappa shape index (κ3) is 2.27. The first-order valence-electron chi connectivity index (χ1n) is 4.76. The van der Waals surface area contributed by atoms with Gasteiger partial charge >= 0.3 is 0 Å². The van der Waals surface area contributed by atoms with E-state index < -0.39 is 0 Å². The van der Waals surface area contributed by atoms with Crippen molar-refractivity contribution in [2.45, 2.75) is 25.0 Å². The van der Waals surface area contributed by atoms with E-state index in [-0.39, 0.29) is 23.2 Å². The fraction of sp³-hybridized carbons (Fsp3) is 0.400. The van der Waals surface area contributed by atoms with E-state index in [1.807, 2.05) is 0 Å². The number of nitrogens with zero attached hydrogens (tertiary/aromatic N) is 1. The zero-order chi connectivity index (χ0) is 10.8. The van der Waals surface area contributed by atoms with E-state index in [0.29, 0.717) is 18.4 Å². The number of hydrogen-bond donors (Lipinski definition) is 2. The van der Waals surface area contributed by atoms with Gasteiger partial charge in [0.15, 0.2) is 0 Å². The van der Waals surface area contributed by atoms with E-state index in [4.69, 9.17) is 16.7 Å². The molecule has 0 atom stereocenters. The summed E-state index contributed by atoms with van der Waals surface area (Å²) in [6, 6.07) is 3.35. The van der Waals surface area contributed by atoms with E-state index in [0.717, 1.165) is 0 Å². The second kappa shape index (κ2) is 4.16. The molecule has 2 rings (SSSR count). The van der Waals surface area contributed by atoms with Crippen LogP contribution in [0.25, 0.3) is 0 Å². The lowest BCUT2D eigenvalue weighted by atomic mass is 9.89. The number of aliphatic hydroxyl groups excluding tert-OH is 1. The molecule has 5 heteroatoms. The Bertz CT molecular complexity index is 377. The first-order valence-corrected chi connectivity index (χ1v) is 5.14. The number of pyridine rings is 1. The summed E-state index contributed by atoms with van der Waals surface area (Å²) in [5, 5.41) is 12.1. The summed E-state index contributed by atoms with van der Waals surface area (Å²) in [4.78, 5) is 15.5. The molecule has 1 aromatic heterocycles. The Balaban J connectivity index is 1.99. The smallest absolute Gasteiger partial charge is 0.254 e. The van der Waals surface area contributed by atoms with Crippen molar-refractivity contribution in [3.05, 3.63) is 29.0 Å². The van der Waals surface area contributed by atoms with Crippen LogP contribution in [0.1, 0.15) is 23.2 Å². The van der Waals surface area contributed by atoms with Crippen LogP contribution in [0.4, 0.5) is 0 Å². The van der Waals surface area contributed by atoms with Crippen molar-refractivity contribution in [1.82, 2.24) is 10.3 Å². The van der Waals surface area contributed by atoms with Crippen LogP contribution >= 0.6 is 11.6 Å². The lowest BCUT2D eigenvalue weighted by Gasteiger charge is -2.31. The first-order chi connectivity index (χ1) is 7.16. The maximum atomic E-state index is 11.7. The highest BCUT2D eigenvalue weighted by Gasteiger charge is 2.29. The van der Waals surface area contributed by atoms with E-state index in [2.05, 4.69) is 10.3 Å². The largest absolute Gasteiger partial charge is 0.393 e. The molecule has 1 fully saturated rings. The Morgan fingerprint density at radius 1 is 1.60 bits per heavy atom. The van der Waals surface area contributed by atoms with Crippen molar-refractivity contribution in [3.63, 3.8) is 0 Å². The van der Waals surface area contributed by atoms with Gasteiger partial charge in [0, 0.05) is 12.2 Å². The summed E-state index contributed by atoms with van der Waals surface area (Å²) in [5.74, 6) is -0.231. The van der Waals surface area contributed by atoms with Crippen LogP contribution in [0.3, 0.4) is 0 Å². The summed E-state index contributed by atoms with van der Waals surface area (Å²) in [5.41, 5.74) is 0.376. The molecule has 1 aliphatic carbocycles. The van der Waals surface area contributed by atoms with Gasteiger partial charge in [-0.25, -0.2) is 4.98 Å². The zero-order valence-electron chi connectivity index (χ0n) is 7.98. The Kier molecular flexibility index (Phi) is 2.88. The number of aromatic nitrogens is 1. The lowest BCUT2D eigenvalue weighted by Crippen LogP contribution is -2.46. The summed E-state index contributed by atoms with van der Waals surface area (Å²) < 4.78 is 0. The molecule has 0 spiro atoms. The number of carbonyl (C=O) groups excluding carboxylic acids is 1. The monoisotopic (exact) mass is 226 g/mol. The average molecular weight is 227 g/mol. The summed E-state index contributed by atoms with van der Waals surface area (Å²) in [6.45, 7) is 0. The van der Waals surface area contributed by atoms with Gasteiger partial charge in [-0.05, 0) is 25.0 Å². The third-order valence-electron chi connectivity index (χ3n) is 2.45. The summed E-state index contributed by atoms with van der Waals surface area (Å²) in [7, 11) is 0. The molecule has 15 heavy (non-hydrogen) atoms. The second-order valence-electron chi connectivity index (χ2n) is 3.64. The predicted molar refractivity (Wildman–Crippen MR) is 55.7 cm³/mol. The van der Waals surface area contributed by atoms with Crippen molar-refractivity contribution in [2.24, 2.45) is 0 Å². The van der Waals surface area contributed by atoms with Gasteiger partial charge in [-0.1, -0.05) is 11.6 Å². The van der Waals surface area contributed by atoms with E-state index in [1.54, 1.807) is 12.1 Å². The van der Waals surface area contributed by atoms with Crippen molar-refractivity contribution in [3.8, 4) is 0 Å². The normalized spacial score (nSPS) is 24.4. The molecule has 0 bridgehead atoms. The fourth-order valence-electron chi connectivity index (χ4n) is 1.52. The number of halogens is 1.